The molecular weight excluding hydrogens is 349 g/mol. The molecule has 0 amide bonds. The van der Waals surface area contributed by atoms with Gasteiger partial charge in [0.1, 0.15) is 6.04 Å². The molecule has 1 unspecified atom stereocenters. The number of carbonyl (C=O) groups is 2. The summed E-state index contributed by atoms with van der Waals surface area (Å²) in [5.41, 5.74) is 6.22. The van der Waals surface area contributed by atoms with Gasteiger partial charge in [0.05, 0.1) is 24.9 Å². The maximum atomic E-state index is 11.8. The van der Waals surface area contributed by atoms with Crippen molar-refractivity contribution in [3.63, 3.8) is 0 Å². The third kappa shape index (κ3) is 8.60. The molecule has 0 bridgehead atoms. The van der Waals surface area contributed by atoms with Crippen molar-refractivity contribution in [1.29, 1.82) is 0 Å². The van der Waals surface area contributed by atoms with Gasteiger partial charge < -0.3 is 25.0 Å². The number of hydrogen-bond acceptors (Lipinski definition) is 6. The Morgan fingerprint density at radius 2 is 1.88 bits per heavy atom. The number of esters is 2. The van der Waals surface area contributed by atoms with E-state index in [-0.39, 0.29) is 25.2 Å². The van der Waals surface area contributed by atoms with E-state index in [0.29, 0.717) is 5.56 Å². The first-order valence-electron chi connectivity index (χ1n) is 7.61. The number of benzene rings is 1. The molecule has 8 nitrogen and oxygen atoms in total. The van der Waals surface area contributed by atoms with Gasteiger partial charge in [-0.05, 0) is 19.1 Å². The number of nitrogens with two attached hydrogens (primary N) is 1. The number of hydrogen-bond donors (Lipinski definition) is 3. The van der Waals surface area contributed by atoms with Gasteiger partial charge in [0.2, 0.25) is 0 Å². The van der Waals surface area contributed by atoms with E-state index in [1.54, 1.807) is 37.3 Å². The first-order valence-corrected chi connectivity index (χ1v) is 9.41. The monoisotopic (exact) mass is 371 g/mol. The first-order chi connectivity index (χ1) is 11.7. The molecule has 0 saturated carbocycles. The Labute approximate surface area is 145 Å². The molecule has 0 radical (unpaired) electrons. The summed E-state index contributed by atoms with van der Waals surface area (Å²) in [6.45, 7) is 1.66. The zero-order chi connectivity index (χ0) is 18.9. The molecule has 9 heteroatoms. The van der Waals surface area contributed by atoms with Crippen LogP contribution in [0.15, 0.2) is 42.0 Å². The van der Waals surface area contributed by atoms with Gasteiger partial charge in [-0.25, -0.2) is 4.79 Å². The molecule has 1 aromatic rings. The second-order valence-corrected chi connectivity index (χ2v) is 6.82. The van der Waals surface area contributed by atoms with Crippen LogP contribution in [0.3, 0.4) is 0 Å². The summed E-state index contributed by atoms with van der Waals surface area (Å²) in [6, 6.07) is 7.17. The van der Waals surface area contributed by atoms with E-state index >= 15 is 0 Å². The molecular formula is C16H22NO7P. The molecule has 0 aliphatic carbocycles. The average Bonchev–Trinajstić information content (AvgIpc) is 2.54. The Bertz CT molecular complexity index is 654. The molecule has 1 atom stereocenters. The van der Waals surface area contributed by atoms with Gasteiger partial charge in [-0.15, -0.1) is 0 Å². The number of ether oxygens (including phenoxy) is 2. The summed E-state index contributed by atoms with van der Waals surface area (Å²) >= 11 is 0. The molecule has 0 aromatic heterocycles. The van der Waals surface area contributed by atoms with Gasteiger partial charge in [0.15, 0.2) is 0 Å². The Morgan fingerprint density at radius 3 is 2.44 bits per heavy atom. The van der Waals surface area contributed by atoms with Gasteiger partial charge in [-0.3, -0.25) is 9.36 Å². The van der Waals surface area contributed by atoms with E-state index in [0.717, 1.165) is 0 Å². The third-order valence-electron chi connectivity index (χ3n) is 3.05. The Hall–Kier alpha value is -1.99. The van der Waals surface area contributed by atoms with Crippen LogP contribution in [0.5, 0.6) is 0 Å². The minimum Gasteiger partial charge on any atom is -0.465 e. The van der Waals surface area contributed by atoms with Gasteiger partial charge in [0.25, 0.3) is 0 Å². The lowest BCUT2D eigenvalue weighted by Gasteiger charge is -2.13. The number of carbonyl (C=O) groups excluding carboxylic acids is 2. The topological polar surface area (TPSA) is 136 Å². The van der Waals surface area contributed by atoms with Crippen molar-refractivity contribution in [2.45, 2.75) is 19.4 Å². The summed E-state index contributed by atoms with van der Waals surface area (Å²) in [5, 5.41) is 0. The fraction of sp³-hybridized carbons (Fsp3) is 0.375. The summed E-state index contributed by atoms with van der Waals surface area (Å²) in [5.74, 6) is -1.25. The van der Waals surface area contributed by atoms with Crippen LogP contribution in [0, 0.1) is 0 Å². The molecule has 25 heavy (non-hydrogen) atoms. The van der Waals surface area contributed by atoms with Crippen LogP contribution in [-0.4, -0.2) is 47.1 Å². The van der Waals surface area contributed by atoms with E-state index in [1.807, 2.05) is 0 Å². The average molecular weight is 371 g/mol. The standard InChI is InChI=1S/C16H22NO7P/c1-2-23-16(19)14(17)10-12(11-25(20,21)22)8-9-24-15(18)13-6-4-3-5-7-13/h3-7,10,14H,2,8-9,11,17H2,1H3,(H2,20,21,22)/b12-10-. The van der Waals surface area contributed by atoms with Crippen molar-refractivity contribution in [2.75, 3.05) is 19.4 Å². The van der Waals surface area contributed by atoms with Crippen molar-refractivity contribution in [2.24, 2.45) is 5.73 Å². The lowest BCUT2D eigenvalue weighted by molar-refractivity contribution is -0.143. The highest BCUT2D eigenvalue weighted by atomic mass is 31.2. The molecule has 1 aromatic carbocycles. The highest BCUT2D eigenvalue weighted by molar-refractivity contribution is 7.52. The summed E-state index contributed by atoms with van der Waals surface area (Å²) < 4.78 is 21.0. The largest absolute Gasteiger partial charge is 0.465 e. The van der Waals surface area contributed by atoms with Crippen LogP contribution < -0.4 is 5.73 Å². The van der Waals surface area contributed by atoms with E-state index in [9.17, 15) is 14.2 Å². The molecule has 0 aliphatic heterocycles. The van der Waals surface area contributed by atoms with Gasteiger partial charge >= 0.3 is 19.5 Å². The molecule has 1 rings (SSSR count). The molecule has 138 valence electrons. The summed E-state index contributed by atoms with van der Waals surface area (Å²) in [4.78, 5) is 41.6. The van der Waals surface area contributed by atoms with Crippen molar-refractivity contribution >= 4 is 19.5 Å². The van der Waals surface area contributed by atoms with Crippen molar-refractivity contribution < 1.29 is 33.4 Å². The second kappa shape index (κ2) is 10.1. The SMILES string of the molecule is CCOC(=O)C(N)/C=C(/CCOC(=O)c1ccccc1)CP(=O)(O)O. The van der Waals surface area contributed by atoms with E-state index in [2.05, 4.69) is 0 Å². The lowest BCUT2D eigenvalue weighted by atomic mass is 10.1. The third-order valence-corrected chi connectivity index (χ3v) is 3.87. The number of rotatable bonds is 9. The molecule has 4 N–H and O–H groups in total. The molecule has 0 saturated heterocycles. The van der Waals surface area contributed by atoms with Gasteiger partial charge in [-0.2, -0.15) is 0 Å². The molecule has 0 aliphatic rings. The second-order valence-electron chi connectivity index (χ2n) is 5.18. The maximum absolute atomic E-state index is 11.8. The van der Waals surface area contributed by atoms with E-state index < -0.39 is 31.7 Å². The minimum absolute atomic E-state index is 0.0385. The normalized spacial score (nSPS) is 13.2. The lowest BCUT2D eigenvalue weighted by Crippen LogP contribution is -2.31. The molecule has 0 heterocycles. The Kier molecular flexibility index (Phi) is 8.51. The van der Waals surface area contributed by atoms with Crippen LogP contribution >= 0.6 is 7.60 Å². The van der Waals surface area contributed by atoms with Crippen molar-refractivity contribution in [3.8, 4) is 0 Å². The fourth-order valence-electron chi connectivity index (χ4n) is 1.97. The zero-order valence-electron chi connectivity index (χ0n) is 13.8. The smallest absolute Gasteiger partial charge is 0.338 e. The van der Waals surface area contributed by atoms with E-state index in [4.69, 9.17) is 25.0 Å². The fourth-order valence-corrected chi connectivity index (χ4v) is 2.77. The first kappa shape index (κ1) is 21.1. The molecule has 0 fully saturated rings. The Morgan fingerprint density at radius 1 is 1.24 bits per heavy atom. The van der Waals surface area contributed by atoms with Crippen LogP contribution in [-0.2, 0) is 18.8 Å². The van der Waals surface area contributed by atoms with E-state index in [1.165, 1.54) is 6.08 Å². The highest BCUT2D eigenvalue weighted by Crippen LogP contribution is 2.37. The van der Waals surface area contributed by atoms with Crippen LogP contribution in [0.2, 0.25) is 0 Å². The molecule has 0 spiro atoms. The Balaban J connectivity index is 2.69. The predicted molar refractivity (Wildman–Crippen MR) is 90.9 cm³/mol. The van der Waals surface area contributed by atoms with Crippen LogP contribution in [0.4, 0.5) is 0 Å². The van der Waals surface area contributed by atoms with Gasteiger partial charge in [0, 0.05) is 6.42 Å². The maximum Gasteiger partial charge on any atom is 0.338 e. The van der Waals surface area contributed by atoms with Gasteiger partial charge in [-0.1, -0.05) is 29.8 Å². The summed E-state index contributed by atoms with van der Waals surface area (Å²) in [7, 11) is -4.36. The zero-order valence-corrected chi connectivity index (χ0v) is 14.7. The highest BCUT2D eigenvalue weighted by Gasteiger charge is 2.20. The predicted octanol–water partition coefficient (Wildman–Crippen LogP) is 1.23. The van der Waals surface area contributed by atoms with Crippen molar-refractivity contribution in [3.05, 3.63) is 47.5 Å². The van der Waals surface area contributed by atoms with Crippen LogP contribution in [0.1, 0.15) is 23.7 Å². The van der Waals surface area contributed by atoms with Crippen LogP contribution in [0.25, 0.3) is 0 Å². The minimum atomic E-state index is -4.36. The van der Waals surface area contributed by atoms with Crippen molar-refractivity contribution in [1.82, 2.24) is 0 Å². The summed E-state index contributed by atoms with van der Waals surface area (Å²) in [6.07, 6.45) is 0.688. The quantitative estimate of drug-likeness (QED) is 0.335.